The highest BCUT2D eigenvalue weighted by molar-refractivity contribution is 5.47. The number of nitrogens with zero attached hydrogens (tertiary/aromatic N) is 4. The number of nitrogens with two attached hydrogens (primary N) is 2. The number of rotatable bonds is 15. The molecule has 0 radical (unpaired) electrons. The monoisotopic (exact) mass is 436 g/mol. The molecule has 1 unspecified atom stereocenters. The number of aromatic nitrogens is 6. The highest BCUT2D eigenvalue weighted by Gasteiger charge is 2.16. The predicted molar refractivity (Wildman–Crippen MR) is 130 cm³/mol. The molecule has 8 nitrogen and oxygen atoms in total. The molecule has 172 valence electrons. The van der Waals surface area contributed by atoms with Gasteiger partial charge in [-0.2, -0.15) is 9.97 Å². The fraction of sp³-hybridized carbons (Fsp3) is 0.500. The summed E-state index contributed by atoms with van der Waals surface area (Å²) in [6.07, 6.45) is 14.7. The van der Waals surface area contributed by atoms with Crippen LogP contribution >= 0.6 is 0 Å². The third-order valence-electron chi connectivity index (χ3n) is 5.87. The lowest BCUT2D eigenvalue weighted by molar-refractivity contribution is 0.513. The van der Waals surface area contributed by atoms with Crippen molar-refractivity contribution in [2.24, 2.45) is 0 Å². The van der Waals surface area contributed by atoms with E-state index in [0.717, 1.165) is 42.9 Å². The molecular weight excluding hydrogens is 400 g/mol. The van der Waals surface area contributed by atoms with Crippen molar-refractivity contribution in [1.82, 2.24) is 30.4 Å². The minimum Gasteiger partial charge on any atom is -0.367 e. The van der Waals surface area contributed by atoms with Crippen LogP contribution in [0.2, 0.25) is 0 Å². The predicted octanol–water partition coefficient (Wildman–Crippen LogP) is 4.81. The summed E-state index contributed by atoms with van der Waals surface area (Å²) in [5.41, 5.74) is 13.7. The van der Waals surface area contributed by atoms with Crippen LogP contribution in [-0.4, -0.2) is 30.4 Å². The SMILES string of the molecule is C=Cc1ccc(CC(CCCCCCCCCCc2nc(N)n[nH]2)c2nc(N)n[nH]2)cc1. The molecule has 0 aliphatic carbocycles. The standard InChI is InChI=1S/C24H36N8/c1-2-18-13-15-19(16-14-18)17-20(22-28-24(26)32-30-22)11-9-7-5-3-4-6-8-10-12-21-27-23(25)31-29-21/h2,13-16,20H,1,3-12,17H2,(H3,25,27,29,31)(H3,26,28,30,32). The molecule has 0 saturated heterocycles. The highest BCUT2D eigenvalue weighted by atomic mass is 15.3. The zero-order chi connectivity index (χ0) is 22.6. The molecule has 0 amide bonds. The van der Waals surface area contributed by atoms with Crippen molar-refractivity contribution in [3.63, 3.8) is 0 Å². The quantitative estimate of drug-likeness (QED) is 0.252. The number of nitrogen functional groups attached to an aromatic ring is 2. The van der Waals surface area contributed by atoms with Crippen LogP contribution in [0.25, 0.3) is 6.08 Å². The molecule has 2 heterocycles. The molecule has 3 aromatic rings. The van der Waals surface area contributed by atoms with E-state index in [2.05, 4.69) is 61.2 Å². The van der Waals surface area contributed by atoms with Gasteiger partial charge in [-0.1, -0.05) is 81.9 Å². The Kier molecular flexibility index (Phi) is 9.28. The van der Waals surface area contributed by atoms with Crippen LogP contribution in [-0.2, 0) is 12.8 Å². The number of nitrogens with one attached hydrogen (secondary N) is 2. The van der Waals surface area contributed by atoms with E-state index in [1.165, 1.54) is 50.5 Å². The summed E-state index contributed by atoms with van der Waals surface area (Å²) in [6.45, 7) is 3.82. The number of anilines is 2. The van der Waals surface area contributed by atoms with Gasteiger partial charge < -0.3 is 11.5 Å². The third kappa shape index (κ3) is 7.83. The lowest BCUT2D eigenvalue weighted by Gasteiger charge is -2.14. The molecule has 0 aliphatic rings. The Hall–Kier alpha value is -3.16. The van der Waals surface area contributed by atoms with Gasteiger partial charge >= 0.3 is 0 Å². The molecule has 0 saturated carbocycles. The minimum atomic E-state index is 0.305. The van der Waals surface area contributed by atoms with E-state index in [-0.39, 0.29) is 0 Å². The van der Waals surface area contributed by atoms with Gasteiger partial charge in [-0.3, -0.25) is 10.2 Å². The van der Waals surface area contributed by atoms with Crippen LogP contribution in [0, 0.1) is 0 Å². The van der Waals surface area contributed by atoms with Crippen molar-refractivity contribution in [1.29, 1.82) is 0 Å². The van der Waals surface area contributed by atoms with E-state index >= 15 is 0 Å². The van der Waals surface area contributed by atoms with Gasteiger partial charge in [-0.25, -0.2) is 0 Å². The number of benzene rings is 1. The number of aromatic amines is 2. The molecule has 0 spiro atoms. The second kappa shape index (κ2) is 12.6. The molecule has 2 aromatic heterocycles. The van der Waals surface area contributed by atoms with E-state index < -0.39 is 0 Å². The summed E-state index contributed by atoms with van der Waals surface area (Å²) in [5, 5.41) is 13.8. The number of hydrogen-bond acceptors (Lipinski definition) is 6. The summed E-state index contributed by atoms with van der Waals surface area (Å²) in [5.74, 6) is 2.74. The maximum Gasteiger partial charge on any atom is 0.239 e. The zero-order valence-electron chi connectivity index (χ0n) is 18.9. The third-order valence-corrected chi connectivity index (χ3v) is 5.87. The van der Waals surface area contributed by atoms with E-state index in [1.54, 1.807) is 0 Å². The van der Waals surface area contributed by atoms with Crippen LogP contribution < -0.4 is 11.5 Å². The lowest BCUT2D eigenvalue weighted by Crippen LogP contribution is -2.06. The summed E-state index contributed by atoms with van der Waals surface area (Å²) in [7, 11) is 0. The van der Waals surface area contributed by atoms with Crippen molar-refractivity contribution < 1.29 is 0 Å². The summed E-state index contributed by atoms with van der Waals surface area (Å²) < 4.78 is 0. The van der Waals surface area contributed by atoms with Crippen LogP contribution in [0.4, 0.5) is 11.9 Å². The Balaban J connectivity index is 1.31. The fourth-order valence-corrected chi connectivity index (χ4v) is 4.05. The number of H-pyrrole nitrogens is 2. The maximum atomic E-state index is 5.75. The molecule has 1 atom stereocenters. The van der Waals surface area contributed by atoms with Gasteiger partial charge in [-0.05, 0) is 30.4 Å². The molecule has 0 fully saturated rings. The largest absolute Gasteiger partial charge is 0.367 e. The van der Waals surface area contributed by atoms with Crippen molar-refractivity contribution in [2.45, 2.75) is 76.5 Å². The van der Waals surface area contributed by atoms with Gasteiger partial charge in [0.15, 0.2) is 0 Å². The second-order valence-electron chi connectivity index (χ2n) is 8.43. The Morgan fingerprint density at radius 2 is 1.44 bits per heavy atom. The molecule has 6 N–H and O–H groups in total. The summed E-state index contributed by atoms with van der Waals surface area (Å²) in [6, 6.07) is 8.55. The average Bonchev–Trinajstić information content (AvgIpc) is 3.42. The zero-order valence-corrected chi connectivity index (χ0v) is 18.9. The van der Waals surface area contributed by atoms with Crippen LogP contribution in [0.3, 0.4) is 0 Å². The van der Waals surface area contributed by atoms with Gasteiger partial charge in [0.25, 0.3) is 0 Å². The van der Waals surface area contributed by atoms with E-state index in [4.69, 9.17) is 11.5 Å². The number of unbranched alkanes of at least 4 members (excludes halogenated alkanes) is 7. The van der Waals surface area contributed by atoms with Gasteiger partial charge in [0.2, 0.25) is 11.9 Å². The van der Waals surface area contributed by atoms with Crippen LogP contribution in [0.1, 0.15) is 86.5 Å². The summed E-state index contributed by atoms with van der Waals surface area (Å²) in [4.78, 5) is 8.54. The first-order valence-electron chi connectivity index (χ1n) is 11.7. The Morgan fingerprint density at radius 3 is 2.03 bits per heavy atom. The smallest absolute Gasteiger partial charge is 0.239 e. The molecule has 32 heavy (non-hydrogen) atoms. The van der Waals surface area contributed by atoms with Crippen LogP contribution in [0.15, 0.2) is 30.8 Å². The Morgan fingerprint density at radius 1 is 0.812 bits per heavy atom. The fourth-order valence-electron chi connectivity index (χ4n) is 4.05. The van der Waals surface area contributed by atoms with Crippen molar-refractivity contribution in [3.05, 3.63) is 53.6 Å². The van der Waals surface area contributed by atoms with Gasteiger partial charge in [0.05, 0.1) is 0 Å². The van der Waals surface area contributed by atoms with Crippen molar-refractivity contribution in [3.8, 4) is 0 Å². The first kappa shape index (κ1) is 23.5. The Bertz CT molecular complexity index is 928. The van der Waals surface area contributed by atoms with Gasteiger partial charge in [0.1, 0.15) is 11.6 Å². The Labute approximate surface area is 190 Å². The van der Waals surface area contributed by atoms with Crippen molar-refractivity contribution in [2.75, 3.05) is 11.5 Å². The van der Waals surface area contributed by atoms with E-state index in [0.29, 0.717) is 17.8 Å². The molecule has 8 heteroatoms. The van der Waals surface area contributed by atoms with Crippen molar-refractivity contribution >= 4 is 18.0 Å². The topological polar surface area (TPSA) is 135 Å². The molecule has 3 rings (SSSR count). The maximum absolute atomic E-state index is 5.75. The van der Waals surface area contributed by atoms with Gasteiger partial charge in [0, 0.05) is 12.3 Å². The van der Waals surface area contributed by atoms with E-state index in [9.17, 15) is 0 Å². The second-order valence-corrected chi connectivity index (χ2v) is 8.43. The minimum absolute atomic E-state index is 0.305. The highest BCUT2D eigenvalue weighted by Crippen LogP contribution is 2.25. The van der Waals surface area contributed by atoms with E-state index in [1.807, 2.05) is 6.08 Å². The summed E-state index contributed by atoms with van der Waals surface area (Å²) >= 11 is 0. The molecule has 0 aliphatic heterocycles. The lowest BCUT2D eigenvalue weighted by atomic mass is 9.92. The van der Waals surface area contributed by atoms with Crippen LogP contribution in [0.5, 0.6) is 0 Å². The molecule has 1 aromatic carbocycles. The first-order valence-corrected chi connectivity index (χ1v) is 11.7. The molecule has 0 bridgehead atoms. The normalized spacial score (nSPS) is 12.1. The average molecular weight is 437 g/mol. The number of aryl methyl sites for hydroxylation is 1. The van der Waals surface area contributed by atoms with Gasteiger partial charge in [-0.15, -0.1) is 10.2 Å². The number of hydrogen-bond donors (Lipinski definition) is 4. The molecular formula is C24H36N8. The first-order chi connectivity index (χ1) is 15.6.